The number of aliphatic imine (C=N–C) groups is 1. The quantitative estimate of drug-likeness (QED) is 0.221. The molecule has 1 N–H and O–H groups in total. The summed E-state index contributed by atoms with van der Waals surface area (Å²) in [5.74, 6) is 1.85. The van der Waals surface area contributed by atoms with E-state index in [0.29, 0.717) is 17.2 Å². The molecule has 1 amide bonds. The molecule has 5 rings (SSSR count). The van der Waals surface area contributed by atoms with Crippen LogP contribution in [-0.4, -0.2) is 12.1 Å². The summed E-state index contributed by atoms with van der Waals surface area (Å²) < 4.78 is 8.02. The number of thiophene rings is 1. The Labute approximate surface area is 238 Å². The highest BCUT2D eigenvalue weighted by molar-refractivity contribution is 9.11. The molecule has 1 aliphatic carbocycles. The molecule has 37 heavy (non-hydrogen) atoms. The SMILES string of the molecule is CC(C)(C)[C@@H]1CCc2c(sc(N=Cc3ccc(-c4cc(Br)ccc4Br)o3)c2C(=O)Nc2ccccc2)C1. The van der Waals surface area contributed by atoms with E-state index >= 15 is 0 Å². The van der Waals surface area contributed by atoms with Gasteiger partial charge in [-0.15, -0.1) is 11.3 Å². The average Bonchev–Trinajstić information content (AvgIpc) is 3.48. The fourth-order valence-corrected chi connectivity index (χ4v) is 6.80. The second-order valence-corrected chi connectivity index (χ2v) is 13.2. The third kappa shape index (κ3) is 5.84. The maximum atomic E-state index is 13.5. The van der Waals surface area contributed by atoms with Gasteiger partial charge in [0.1, 0.15) is 16.5 Å². The molecule has 2 aromatic carbocycles. The fourth-order valence-electron chi connectivity index (χ4n) is 4.73. The zero-order chi connectivity index (χ0) is 26.2. The van der Waals surface area contributed by atoms with Gasteiger partial charge in [0.05, 0.1) is 11.8 Å². The summed E-state index contributed by atoms with van der Waals surface area (Å²) in [5.41, 5.74) is 3.79. The molecule has 1 aliphatic rings. The monoisotopic (exact) mass is 638 g/mol. The normalized spacial score (nSPS) is 15.6. The lowest BCUT2D eigenvalue weighted by atomic mass is 9.72. The lowest BCUT2D eigenvalue weighted by Crippen LogP contribution is -2.27. The van der Waals surface area contributed by atoms with Crippen molar-refractivity contribution < 1.29 is 9.21 Å². The maximum absolute atomic E-state index is 13.5. The number of fused-ring (bicyclic) bond motifs is 1. The number of halogens is 2. The second kappa shape index (κ2) is 10.7. The topological polar surface area (TPSA) is 54.6 Å². The van der Waals surface area contributed by atoms with E-state index in [1.807, 2.05) is 60.7 Å². The minimum atomic E-state index is -0.108. The second-order valence-electron chi connectivity index (χ2n) is 10.4. The molecule has 0 spiro atoms. The molecule has 0 radical (unpaired) electrons. The van der Waals surface area contributed by atoms with Crippen molar-refractivity contribution >= 4 is 66.0 Å². The van der Waals surface area contributed by atoms with Crippen molar-refractivity contribution in [1.82, 2.24) is 0 Å². The van der Waals surface area contributed by atoms with Gasteiger partial charge in [0.2, 0.25) is 0 Å². The summed E-state index contributed by atoms with van der Waals surface area (Å²) in [4.78, 5) is 19.6. The van der Waals surface area contributed by atoms with Gasteiger partial charge in [-0.05, 0) is 78.6 Å². The van der Waals surface area contributed by atoms with Gasteiger partial charge in [-0.25, -0.2) is 4.99 Å². The Bertz CT molecular complexity index is 1460. The van der Waals surface area contributed by atoms with E-state index in [0.717, 1.165) is 55.8 Å². The van der Waals surface area contributed by atoms with E-state index in [9.17, 15) is 4.79 Å². The standard InChI is InChI=1S/C30H28Br2N2O2S/c1-30(2,3)18-9-12-22-26(15-18)37-29(27(22)28(35)34-20-7-5-4-6-8-20)33-17-21-11-14-25(36-21)23-16-19(31)10-13-24(23)32/h4-8,10-11,13-14,16-18H,9,12,15H2,1-3H3,(H,34,35)/t18-/m1/s1. The Morgan fingerprint density at radius 1 is 1.11 bits per heavy atom. The first-order valence-corrected chi connectivity index (χ1v) is 14.7. The predicted octanol–water partition coefficient (Wildman–Crippen LogP) is 9.69. The summed E-state index contributed by atoms with van der Waals surface area (Å²) >= 11 is 8.76. The van der Waals surface area contributed by atoms with Crippen molar-refractivity contribution in [1.29, 1.82) is 0 Å². The summed E-state index contributed by atoms with van der Waals surface area (Å²) in [5, 5.41) is 3.80. The molecule has 0 unspecified atom stereocenters. The Kier molecular flexibility index (Phi) is 7.57. The van der Waals surface area contributed by atoms with Gasteiger partial charge < -0.3 is 9.73 Å². The van der Waals surface area contributed by atoms with E-state index in [1.165, 1.54) is 4.88 Å². The number of anilines is 1. The lowest BCUT2D eigenvalue weighted by molar-refractivity contribution is 0.102. The van der Waals surface area contributed by atoms with Crippen molar-refractivity contribution in [2.45, 2.75) is 40.0 Å². The van der Waals surface area contributed by atoms with Gasteiger partial charge in [0.15, 0.2) is 0 Å². The molecular formula is C30H28Br2N2O2S. The van der Waals surface area contributed by atoms with E-state index in [1.54, 1.807) is 17.6 Å². The van der Waals surface area contributed by atoms with Crippen LogP contribution in [0.1, 0.15) is 53.8 Å². The summed E-state index contributed by atoms with van der Waals surface area (Å²) in [6, 6.07) is 19.4. The largest absolute Gasteiger partial charge is 0.455 e. The van der Waals surface area contributed by atoms with Gasteiger partial charge in [-0.2, -0.15) is 0 Å². The molecule has 0 saturated heterocycles. The minimum absolute atomic E-state index is 0.108. The number of furan rings is 1. The highest BCUT2D eigenvalue weighted by Gasteiger charge is 2.33. The fraction of sp³-hybridized carbons (Fsp3) is 0.267. The van der Waals surface area contributed by atoms with Crippen molar-refractivity contribution in [3.63, 3.8) is 0 Å². The van der Waals surface area contributed by atoms with Gasteiger partial charge in [-0.3, -0.25) is 4.79 Å². The van der Waals surface area contributed by atoms with E-state index in [-0.39, 0.29) is 11.3 Å². The molecule has 0 saturated carbocycles. The zero-order valence-electron chi connectivity index (χ0n) is 21.0. The van der Waals surface area contributed by atoms with Crippen LogP contribution >= 0.6 is 43.2 Å². The lowest BCUT2D eigenvalue weighted by Gasteiger charge is -2.33. The van der Waals surface area contributed by atoms with Crippen LogP contribution in [0.3, 0.4) is 0 Å². The van der Waals surface area contributed by atoms with Crippen LogP contribution in [0.25, 0.3) is 11.3 Å². The van der Waals surface area contributed by atoms with Crippen LogP contribution in [0.4, 0.5) is 10.7 Å². The number of hydrogen-bond acceptors (Lipinski definition) is 4. The molecule has 0 bridgehead atoms. The Hall–Kier alpha value is -2.48. The molecule has 4 nitrogen and oxygen atoms in total. The first-order valence-electron chi connectivity index (χ1n) is 12.3. The average molecular weight is 640 g/mol. The molecule has 4 aromatic rings. The van der Waals surface area contributed by atoms with Gasteiger partial charge in [0.25, 0.3) is 5.91 Å². The third-order valence-corrected chi connectivity index (χ3v) is 9.21. The molecule has 0 aliphatic heterocycles. The number of carbonyl (C=O) groups is 1. The molecular weight excluding hydrogens is 612 g/mol. The Balaban J connectivity index is 1.48. The van der Waals surface area contributed by atoms with Crippen LogP contribution in [-0.2, 0) is 12.8 Å². The number of para-hydroxylation sites is 1. The van der Waals surface area contributed by atoms with Gasteiger partial charge in [0, 0.05) is 25.1 Å². The van der Waals surface area contributed by atoms with Crippen molar-refractivity contribution in [2.24, 2.45) is 16.3 Å². The maximum Gasteiger partial charge on any atom is 0.259 e. The smallest absolute Gasteiger partial charge is 0.259 e. The molecule has 2 heterocycles. The number of benzene rings is 2. The number of hydrogen-bond donors (Lipinski definition) is 1. The summed E-state index contributed by atoms with van der Waals surface area (Å²) in [7, 11) is 0. The molecule has 0 fully saturated rings. The van der Waals surface area contributed by atoms with Gasteiger partial charge >= 0.3 is 0 Å². The van der Waals surface area contributed by atoms with Crippen molar-refractivity contribution in [2.75, 3.05) is 5.32 Å². The Morgan fingerprint density at radius 3 is 2.65 bits per heavy atom. The van der Waals surface area contributed by atoms with Crippen LogP contribution in [0, 0.1) is 11.3 Å². The molecule has 190 valence electrons. The molecule has 2 aromatic heterocycles. The predicted molar refractivity (Wildman–Crippen MR) is 160 cm³/mol. The van der Waals surface area contributed by atoms with Crippen LogP contribution < -0.4 is 5.32 Å². The van der Waals surface area contributed by atoms with Gasteiger partial charge in [-0.1, -0.05) is 70.8 Å². The third-order valence-electron chi connectivity index (χ3n) is 6.86. The number of rotatable bonds is 5. The van der Waals surface area contributed by atoms with E-state index in [2.05, 4.69) is 57.9 Å². The molecule has 1 atom stereocenters. The van der Waals surface area contributed by atoms with Crippen molar-refractivity contribution in [3.05, 3.63) is 91.4 Å². The highest BCUT2D eigenvalue weighted by Crippen LogP contribution is 2.45. The first-order chi connectivity index (χ1) is 17.7. The summed E-state index contributed by atoms with van der Waals surface area (Å²) in [6.07, 6.45) is 4.66. The van der Waals surface area contributed by atoms with E-state index < -0.39 is 0 Å². The molecule has 7 heteroatoms. The van der Waals surface area contributed by atoms with E-state index in [4.69, 9.17) is 9.41 Å². The highest BCUT2D eigenvalue weighted by atomic mass is 79.9. The van der Waals surface area contributed by atoms with Crippen LogP contribution in [0.5, 0.6) is 0 Å². The minimum Gasteiger partial charge on any atom is -0.455 e. The first kappa shape index (κ1) is 26.1. The summed E-state index contributed by atoms with van der Waals surface area (Å²) in [6.45, 7) is 6.91. The number of nitrogens with one attached hydrogen (secondary N) is 1. The zero-order valence-corrected chi connectivity index (χ0v) is 25.0. The van der Waals surface area contributed by atoms with Crippen molar-refractivity contribution in [3.8, 4) is 11.3 Å². The number of nitrogens with zero attached hydrogens (tertiary/aromatic N) is 1. The van der Waals surface area contributed by atoms with Crippen LogP contribution in [0.2, 0.25) is 0 Å². The number of carbonyl (C=O) groups excluding carboxylic acids is 1. The number of amides is 1. The van der Waals surface area contributed by atoms with Crippen LogP contribution in [0.15, 0.2) is 79.0 Å². The Morgan fingerprint density at radius 2 is 1.89 bits per heavy atom.